The summed E-state index contributed by atoms with van der Waals surface area (Å²) < 4.78 is 41.8. The molecule has 1 rings (SSSR count). The van der Waals surface area contributed by atoms with Gasteiger partial charge >= 0.3 is 12.1 Å². The summed E-state index contributed by atoms with van der Waals surface area (Å²) in [5.41, 5.74) is -1.75. The number of benzene rings is 1. The molecule has 0 fully saturated rings. The number of hydrogen-bond acceptors (Lipinski definition) is 3. The zero-order chi connectivity index (χ0) is 14.7. The van der Waals surface area contributed by atoms with Gasteiger partial charge in [-0.3, -0.25) is 5.32 Å². The first-order valence-corrected chi connectivity index (χ1v) is 5.39. The summed E-state index contributed by atoms with van der Waals surface area (Å²) >= 11 is 0. The first-order chi connectivity index (χ1) is 8.70. The SMILES string of the molecule is COc1ccccc1C(C)(NCC(F)(F)F)C(=O)O. The lowest BCUT2D eigenvalue weighted by atomic mass is 9.91. The number of carboxylic acids is 1. The summed E-state index contributed by atoms with van der Waals surface area (Å²) in [6, 6.07) is 6.05. The molecule has 1 atom stereocenters. The van der Waals surface area contributed by atoms with Crippen LogP contribution in [-0.4, -0.2) is 30.9 Å². The average Bonchev–Trinajstić information content (AvgIpc) is 2.34. The summed E-state index contributed by atoms with van der Waals surface area (Å²) in [5.74, 6) is -1.21. The van der Waals surface area contributed by atoms with E-state index < -0.39 is 24.2 Å². The van der Waals surface area contributed by atoms with Crippen LogP contribution < -0.4 is 10.1 Å². The highest BCUT2D eigenvalue weighted by molar-refractivity contribution is 5.81. The maximum atomic E-state index is 12.3. The molecule has 0 aliphatic heterocycles. The van der Waals surface area contributed by atoms with Crippen LogP contribution in [0.15, 0.2) is 24.3 Å². The molecule has 0 aromatic heterocycles. The molecule has 0 heterocycles. The molecular formula is C12H14F3NO3. The van der Waals surface area contributed by atoms with Crippen molar-refractivity contribution in [3.05, 3.63) is 29.8 Å². The Bertz CT molecular complexity index is 462. The van der Waals surface area contributed by atoms with Gasteiger partial charge in [-0.15, -0.1) is 0 Å². The van der Waals surface area contributed by atoms with E-state index in [4.69, 9.17) is 4.74 Å². The maximum Gasteiger partial charge on any atom is 0.401 e. The molecule has 0 bridgehead atoms. The number of para-hydroxylation sites is 1. The van der Waals surface area contributed by atoms with Gasteiger partial charge in [-0.1, -0.05) is 18.2 Å². The van der Waals surface area contributed by atoms with E-state index in [1.54, 1.807) is 6.07 Å². The molecule has 0 aliphatic rings. The smallest absolute Gasteiger partial charge is 0.401 e. The van der Waals surface area contributed by atoms with Gasteiger partial charge in [0.05, 0.1) is 13.7 Å². The highest BCUT2D eigenvalue weighted by Crippen LogP contribution is 2.30. The van der Waals surface area contributed by atoms with Crippen LogP contribution >= 0.6 is 0 Å². The van der Waals surface area contributed by atoms with E-state index in [0.717, 1.165) is 0 Å². The number of rotatable bonds is 5. The minimum absolute atomic E-state index is 0.134. The Morgan fingerprint density at radius 1 is 1.37 bits per heavy atom. The molecule has 0 radical (unpaired) electrons. The molecule has 1 aromatic carbocycles. The van der Waals surface area contributed by atoms with E-state index in [1.807, 2.05) is 5.32 Å². The zero-order valence-electron chi connectivity index (χ0n) is 10.4. The topological polar surface area (TPSA) is 58.6 Å². The predicted molar refractivity (Wildman–Crippen MR) is 62.0 cm³/mol. The monoisotopic (exact) mass is 277 g/mol. The number of halogens is 3. The molecule has 7 heteroatoms. The molecule has 0 spiro atoms. The van der Waals surface area contributed by atoms with E-state index in [1.165, 1.54) is 32.2 Å². The Morgan fingerprint density at radius 3 is 2.42 bits per heavy atom. The van der Waals surface area contributed by atoms with Gasteiger partial charge in [0.25, 0.3) is 0 Å². The van der Waals surface area contributed by atoms with E-state index in [9.17, 15) is 23.1 Å². The number of nitrogens with one attached hydrogen (secondary N) is 1. The summed E-state index contributed by atoms with van der Waals surface area (Å²) in [7, 11) is 1.32. The van der Waals surface area contributed by atoms with E-state index >= 15 is 0 Å². The first-order valence-electron chi connectivity index (χ1n) is 5.39. The zero-order valence-corrected chi connectivity index (χ0v) is 10.4. The van der Waals surface area contributed by atoms with Crippen LogP contribution in [0.1, 0.15) is 12.5 Å². The van der Waals surface area contributed by atoms with Crippen LogP contribution in [0.4, 0.5) is 13.2 Å². The number of methoxy groups -OCH3 is 1. The molecule has 106 valence electrons. The largest absolute Gasteiger partial charge is 0.496 e. The Labute approximate surface area is 108 Å². The molecule has 1 unspecified atom stereocenters. The molecular weight excluding hydrogens is 263 g/mol. The van der Waals surface area contributed by atoms with Crippen molar-refractivity contribution >= 4 is 5.97 Å². The number of hydrogen-bond donors (Lipinski definition) is 2. The minimum atomic E-state index is -4.50. The molecule has 2 N–H and O–H groups in total. The van der Waals surface area contributed by atoms with Gasteiger partial charge in [0, 0.05) is 5.56 Å². The van der Waals surface area contributed by atoms with Gasteiger partial charge in [0.15, 0.2) is 0 Å². The molecule has 0 saturated heterocycles. The van der Waals surface area contributed by atoms with E-state index in [0.29, 0.717) is 0 Å². The third kappa shape index (κ3) is 3.60. The van der Waals surface area contributed by atoms with Crippen molar-refractivity contribution in [3.63, 3.8) is 0 Å². The average molecular weight is 277 g/mol. The van der Waals surface area contributed by atoms with Crippen LogP contribution in [0.2, 0.25) is 0 Å². The number of carbonyl (C=O) groups is 1. The Kier molecular flexibility index (Phi) is 4.41. The van der Waals surface area contributed by atoms with Gasteiger partial charge in [-0.2, -0.15) is 13.2 Å². The summed E-state index contributed by atoms with van der Waals surface area (Å²) in [6.07, 6.45) is -4.50. The van der Waals surface area contributed by atoms with Crippen molar-refractivity contribution in [1.82, 2.24) is 5.32 Å². The summed E-state index contributed by atoms with van der Waals surface area (Å²) in [6.45, 7) is -0.243. The quantitative estimate of drug-likeness (QED) is 0.865. The molecule has 0 aliphatic carbocycles. The molecule has 0 saturated carbocycles. The van der Waals surface area contributed by atoms with Crippen molar-refractivity contribution in [1.29, 1.82) is 0 Å². The van der Waals surface area contributed by atoms with Crippen LogP contribution in [0, 0.1) is 0 Å². The Hall–Kier alpha value is -1.76. The first kappa shape index (κ1) is 15.3. The minimum Gasteiger partial charge on any atom is -0.496 e. The van der Waals surface area contributed by atoms with Crippen LogP contribution in [0.3, 0.4) is 0 Å². The van der Waals surface area contributed by atoms with Crippen molar-refractivity contribution in [2.24, 2.45) is 0 Å². The third-order valence-electron chi connectivity index (χ3n) is 2.72. The van der Waals surface area contributed by atoms with Crippen LogP contribution in [0.25, 0.3) is 0 Å². The molecule has 1 aromatic rings. The highest BCUT2D eigenvalue weighted by Gasteiger charge is 2.40. The Morgan fingerprint density at radius 2 is 1.95 bits per heavy atom. The van der Waals surface area contributed by atoms with Crippen molar-refractivity contribution < 1.29 is 27.8 Å². The predicted octanol–water partition coefficient (Wildman–Crippen LogP) is 2.15. The fourth-order valence-corrected chi connectivity index (χ4v) is 1.62. The van der Waals surface area contributed by atoms with Gasteiger partial charge in [-0.05, 0) is 13.0 Å². The van der Waals surface area contributed by atoms with Crippen molar-refractivity contribution in [3.8, 4) is 5.75 Å². The Balaban J connectivity index is 3.15. The standard InChI is InChI=1S/C12H14F3NO3/c1-11(10(17)18,16-7-12(13,14)15)8-5-3-4-6-9(8)19-2/h3-6,16H,7H2,1-2H3,(H,17,18). The van der Waals surface area contributed by atoms with Gasteiger partial charge < -0.3 is 9.84 Å². The third-order valence-corrected chi connectivity index (χ3v) is 2.72. The fourth-order valence-electron chi connectivity index (χ4n) is 1.62. The van der Waals surface area contributed by atoms with E-state index in [2.05, 4.69) is 0 Å². The molecule has 19 heavy (non-hydrogen) atoms. The van der Waals surface area contributed by atoms with Gasteiger partial charge in [-0.25, -0.2) is 4.79 Å². The maximum absolute atomic E-state index is 12.3. The van der Waals surface area contributed by atoms with E-state index in [-0.39, 0.29) is 11.3 Å². The summed E-state index contributed by atoms with van der Waals surface area (Å²) in [5, 5.41) is 11.2. The van der Waals surface area contributed by atoms with Crippen LogP contribution in [-0.2, 0) is 10.3 Å². The second-order valence-electron chi connectivity index (χ2n) is 4.10. The van der Waals surface area contributed by atoms with Crippen molar-refractivity contribution in [2.45, 2.75) is 18.6 Å². The lowest BCUT2D eigenvalue weighted by molar-refractivity contribution is -0.150. The van der Waals surface area contributed by atoms with Crippen LogP contribution in [0.5, 0.6) is 5.75 Å². The van der Waals surface area contributed by atoms with Gasteiger partial charge in [0.1, 0.15) is 11.3 Å². The number of carboxylic acid groups (broad SMARTS) is 1. The number of alkyl halides is 3. The number of ether oxygens (including phenoxy) is 1. The fraction of sp³-hybridized carbons (Fsp3) is 0.417. The lowest BCUT2D eigenvalue weighted by Crippen LogP contribution is -2.50. The van der Waals surface area contributed by atoms with Gasteiger partial charge in [0.2, 0.25) is 0 Å². The van der Waals surface area contributed by atoms with Crippen molar-refractivity contribution in [2.75, 3.05) is 13.7 Å². The highest BCUT2D eigenvalue weighted by atomic mass is 19.4. The molecule has 4 nitrogen and oxygen atoms in total. The summed E-state index contributed by atoms with van der Waals surface area (Å²) in [4.78, 5) is 11.3. The second kappa shape index (κ2) is 5.48. The second-order valence-corrected chi connectivity index (χ2v) is 4.10. The number of aliphatic carboxylic acids is 1. The molecule has 0 amide bonds. The normalized spacial score (nSPS) is 14.8. The lowest BCUT2D eigenvalue weighted by Gasteiger charge is -2.28.